The van der Waals surface area contributed by atoms with Crippen LogP contribution in [0, 0.1) is 6.92 Å². The minimum absolute atomic E-state index is 0.0352. The number of oxazole rings is 2. The van der Waals surface area contributed by atoms with Crippen LogP contribution in [-0.2, 0) is 11.2 Å². The zero-order valence-corrected chi connectivity index (χ0v) is 14.7. The minimum atomic E-state index is 0.0352. The molecule has 0 saturated carbocycles. The van der Waals surface area contributed by atoms with Gasteiger partial charge in [0.25, 0.3) is 0 Å². The second-order valence-corrected chi connectivity index (χ2v) is 6.40. The molecular formula is C19H18N4O3. The molecule has 0 fully saturated rings. The van der Waals surface area contributed by atoms with E-state index in [9.17, 15) is 4.79 Å². The van der Waals surface area contributed by atoms with E-state index in [1.165, 1.54) is 0 Å². The van der Waals surface area contributed by atoms with Crippen LogP contribution in [0.4, 0.5) is 12.0 Å². The number of rotatable bonds is 4. The molecule has 2 heterocycles. The monoisotopic (exact) mass is 350 g/mol. The number of fused-ring (bicyclic) bond motifs is 2. The first-order valence-electron chi connectivity index (χ1n) is 8.22. The first-order chi connectivity index (χ1) is 12.5. The van der Waals surface area contributed by atoms with E-state index >= 15 is 0 Å². The number of carbonyl (C=O) groups is 1. The van der Waals surface area contributed by atoms with Gasteiger partial charge < -0.3 is 13.7 Å². The minimum Gasteiger partial charge on any atom is -0.423 e. The van der Waals surface area contributed by atoms with Crippen molar-refractivity contribution in [2.24, 2.45) is 0 Å². The molecule has 1 N–H and O–H groups in total. The van der Waals surface area contributed by atoms with Crippen LogP contribution >= 0.6 is 0 Å². The average Bonchev–Trinajstić information content (AvgIpc) is 3.16. The number of amides is 1. The Morgan fingerprint density at radius 3 is 2.50 bits per heavy atom. The standard InChI is InChI=1S/C19H18N4O3/c1-11-4-6-13-16(8-11)26-18(20-13)22-19-21-14-9-12(5-7-15(14)25-19)10-17(24)23(2)3/h4-9H,10H2,1-3H3,(H,20,21,22). The molecule has 0 radical (unpaired) electrons. The maximum absolute atomic E-state index is 11.9. The second-order valence-electron chi connectivity index (χ2n) is 6.40. The number of aromatic nitrogens is 2. The van der Waals surface area contributed by atoms with Crippen LogP contribution < -0.4 is 5.32 Å². The van der Waals surface area contributed by atoms with Crippen LogP contribution in [-0.4, -0.2) is 34.9 Å². The molecule has 7 heteroatoms. The smallest absolute Gasteiger partial charge is 0.303 e. The Hall–Kier alpha value is -3.35. The molecule has 4 aromatic rings. The number of aryl methyl sites for hydroxylation is 1. The molecule has 7 nitrogen and oxygen atoms in total. The van der Waals surface area contributed by atoms with Crippen LogP contribution in [0.5, 0.6) is 0 Å². The Labute approximate surface area is 149 Å². The van der Waals surface area contributed by atoms with E-state index in [0.717, 1.165) is 16.6 Å². The fraction of sp³-hybridized carbons (Fsp3) is 0.211. The Morgan fingerprint density at radius 2 is 1.73 bits per heavy atom. The molecule has 0 aliphatic carbocycles. The zero-order valence-electron chi connectivity index (χ0n) is 14.7. The molecule has 4 rings (SSSR count). The van der Waals surface area contributed by atoms with Gasteiger partial charge in [-0.3, -0.25) is 10.1 Å². The van der Waals surface area contributed by atoms with E-state index in [1.807, 2.05) is 37.3 Å². The SMILES string of the molecule is Cc1ccc2nc(Nc3nc4cc(CC(=O)N(C)C)ccc4o3)oc2c1. The molecule has 0 bridgehead atoms. The molecule has 132 valence electrons. The van der Waals surface area contributed by atoms with Gasteiger partial charge in [-0.1, -0.05) is 12.1 Å². The number of carbonyl (C=O) groups excluding carboxylic acids is 1. The summed E-state index contributed by atoms with van der Waals surface area (Å²) in [4.78, 5) is 22.2. The van der Waals surface area contributed by atoms with Gasteiger partial charge >= 0.3 is 12.0 Å². The third-order valence-corrected chi connectivity index (χ3v) is 4.06. The zero-order chi connectivity index (χ0) is 18.3. The van der Waals surface area contributed by atoms with E-state index in [-0.39, 0.29) is 5.91 Å². The molecular weight excluding hydrogens is 332 g/mol. The molecule has 2 aromatic heterocycles. The van der Waals surface area contributed by atoms with Gasteiger partial charge in [0.15, 0.2) is 11.2 Å². The lowest BCUT2D eigenvalue weighted by Crippen LogP contribution is -2.23. The Balaban J connectivity index is 1.59. The molecule has 0 spiro atoms. The van der Waals surface area contributed by atoms with Crippen molar-refractivity contribution in [3.63, 3.8) is 0 Å². The lowest BCUT2D eigenvalue weighted by Gasteiger charge is -2.09. The van der Waals surface area contributed by atoms with Crippen molar-refractivity contribution in [2.45, 2.75) is 13.3 Å². The lowest BCUT2D eigenvalue weighted by molar-refractivity contribution is -0.127. The van der Waals surface area contributed by atoms with Crippen molar-refractivity contribution >= 4 is 40.1 Å². The average molecular weight is 350 g/mol. The number of anilines is 2. The van der Waals surface area contributed by atoms with Crippen molar-refractivity contribution in [1.82, 2.24) is 14.9 Å². The second kappa shape index (κ2) is 6.18. The summed E-state index contributed by atoms with van der Waals surface area (Å²) in [5, 5.41) is 2.95. The van der Waals surface area contributed by atoms with E-state index in [2.05, 4.69) is 15.3 Å². The van der Waals surface area contributed by atoms with Gasteiger partial charge in [0.2, 0.25) is 5.91 Å². The Bertz CT molecular complexity index is 1110. The topological polar surface area (TPSA) is 84.4 Å². The first kappa shape index (κ1) is 16.1. The van der Waals surface area contributed by atoms with E-state index in [0.29, 0.717) is 35.1 Å². The number of nitrogens with zero attached hydrogens (tertiary/aromatic N) is 3. The number of hydrogen-bond donors (Lipinski definition) is 1. The van der Waals surface area contributed by atoms with Crippen LogP contribution in [0.15, 0.2) is 45.2 Å². The highest BCUT2D eigenvalue weighted by Gasteiger charge is 2.12. The predicted octanol–water partition coefficient (Wildman–Crippen LogP) is 3.65. The fourth-order valence-electron chi connectivity index (χ4n) is 2.65. The highest BCUT2D eigenvalue weighted by atomic mass is 16.4. The summed E-state index contributed by atoms with van der Waals surface area (Å²) in [5.41, 5.74) is 4.74. The molecule has 2 aromatic carbocycles. The number of hydrogen-bond acceptors (Lipinski definition) is 6. The van der Waals surface area contributed by atoms with Gasteiger partial charge in [0.1, 0.15) is 11.0 Å². The summed E-state index contributed by atoms with van der Waals surface area (Å²) >= 11 is 0. The Kier molecular flexibility index (Phi) is 3.84. The summed E-state index contributed by atoms with van der Waals surface area (Å²) in [6, 6.07) is 11.9. The molecule has 0 atom stereocenters. The lowest BCUT2D eigenvalue weighted by atomic mass is 10.1. The van der Waals surface area contributed by atoms with Crippen molar-refractivity contribution in [1.29, 1.82) is 0 Å². The van der Waals surface area contributed by atoms with Crippen LogP contribution in [0.1, 0.15) is 11.1 Å². The summed E-state index contributed by atoms with van der Waals surface area (Å²) in [6.07, 6.45) is 0.322. The van der Waals surface area contributed by atoms with Crippen molar-refractivity contribution in [3.8, 4) is 0 Å². The van der Waals surface area contributed by atoms with Crippen LogP contribution in [0.25, 0.3) is 22.2 Å². The highest BCUT2D eigenvalue weighted by molar-refractivity contribution is 5.81. The third kappa shape index (κ3) is 3.11. The van der Waals surface area contributed by atoms with Crippen molar-refractivity contribution in [3.05, 3.63) is 47.5 Å². The molecule has 0 unspecified atom stereocenters. The van der Waals surface area contributed by atoms with Crippen molar-refractivity contribution in [2.75, 3.05) is 19.4 Å². The highest BCUT2D eigenvalue weighted by Crippen LogP contribution is 2.25. The Morgan fingerprint density at radius 1 is 1.00 bits per heavy atom. The van der Waals surface area contributed by atoms with Gasteiger partial charge in [-0.05, 0) is 42.3 Å². The van der Waals surface area contributed by atoms with Crippen molar-refractivity contribution < 1.29 is 13.6 Å². The van der Waals surface area contributed by atoms with E-state index in [1.54, 1.807) is 25.1 Å². The normalized spacial score (nSPS) is 11.2. The molecule has 26 heavy (non-hydrogen) atoms. The van der Waals surface area contributed by atoms with Crippen LogP contribution in [0.2, 0.25) is 0 Å². The maximum Gasteiger partial charge on any atom is 0.303 e. The quantitative estimate of drug-likeness (QED) is 0.605. The fourth-order valence-corrected chi connectivity index (χ4v) is 2.65. The van der Waals surface area contributed by atoms with E-state index in [4.69, 9.17) is 8.83 Å². The molecule has 0 saturated heterocycles. The largest absolute Gasteiger partial charge is 0.423 e. The van der Waals surface area contributed by atoms with Gasteiger partial charge in [-0.2, -0.15) is 9.97 Å². The number of nitrogens with one attached hydrogen (secondary N) is 1. The summed E-state index contributed by atoms with van der Waals surface area (Å²) in [6.45, 7) is 1.99. The molecule has 1 amide bonds. The van der Waals surface area contributed by atoms with Crippen LogP contribution in [0.3, 0.4) is 0 Å². The van der Waals surface area contributed by atoms with Gasteiger partial charge in [0, 0.05) is 14.1 Å². The third-order valence-electron chi connectivity index (χ3n) is 4.06. The summed E-state index contributed by atoms with van der Waals surface area (Å²) < 4.78 is 11.4. The van der Waals surface area contributed by atoms with Gasteiger partial charge in [-0.15, -0.1) is 0 Å². The molecule has 0 aliphatic rings. The maximum atomic E-state index is 11.9. The van der Waals surface area contributed by atoms with E-state index < -0.39 is 0 Å². The summed E-state index contributed by atoms with van der Waals surface area (Å²) in [7, 11) is 3.47. The summed E-state index contributed by atoms with van der Waals surface area (Å²) in [5.74, 6) is 0.0352. The number of likely N-dealkylation sites (N-methyl/N-ethyl adjacent to an activating group) is 1. The molecule has 0 aliphatic heterocycles. The van der Waals surface area contributed by atoms with Gasteiger partial charge in [-0.25, -0.2) is 0 Å². The van der Waals surface area contributed by atoms with Gasteiger partial charge in [0.05, 0.1) is 6.42 Å². The predicted molar refractivity (Wildman–Crippen MR) is 98.4 cm³/mol. The first-order valence-corrected chi connectivity index (χ1v) is 8.22. The number of benzene rings is 2.